The van der Waals surface area contributed by atoms with Gasteiger partial charge in [-0.25, -0.2) is 4.98 Å². The first-order valence-corrected chi connectivity index (χ1v) is 6.22. The molecule has 0 saturated carbocycles. The Morgan fingerprint density at radius 3 is 2.53 bits per heavy atom. The third-order valence-electron chi connectivity index (χ3n) is 2.94. The van der Waals surface area contributed by atoms with Gasteiger partial charge < -0.3 is 5.32 Å². The van der Waals surface area contributed by atoms with Gasteiger partial charge in [-0.05, 0) is 31.2 Å². The minimum Gasteiger partial charge on any atom is -0.361 e. The Kier molecular flexibility index (Phi) is 3.06. The Balaban J connectivity index is 1.85. The highest BCUT2D eigenvalue weighted by atomic mass is 15.0. The van der Waals surface area contributed by atoms with Gasteiger partial charge in [0.05, 0.1) is 29.0 Å². The molecular formula is C15H14N4. The lowest BCUT2D eigenvalue weighted by atomic mass is 10.2. The van der Waals surface area contributed by atoms with Crippen molar-refractivity contribution in [3.8, 4) is 0 Å². The number of benzene rings is 1. The molecule has 0 aliphatic rings. The highest BCUT2D eigenvalue weighted by Gasteiger charge is 2.07. The molecular weight excluding hydrogens is 236 g/mol. The molecule has 0 spiro atoms. The maximum atomic E-state index is 4.54. The van der Waals surface area contributed by atoms with E-state index in [0.717, 1.165) is 22.5 Å². The van der Waals surface area contributed by atoms with E-state index in [2.05, 4.69) is 27.2 Å². The van der Waals surface area contributed by atoms with E-state index in [9.17, 15) is 0 Å². The summed E-state index contributed by atoms with van der Waals surface area (Å²) in [6.45, 7) is 2.05. The predicted molar refractivity (Wildman–Crippen MR) is 75.8 cm³/mol. The number of hydrogen-bond donors (Lipinski definition) is 1. The average Bonchev–Trinajstić information content (AvgIpc) is 2.48. The molecule has 0 fully saturated rings. The summed E-state index contributed by atoms with van der Waals surface area (Å²) in [5.41, 5.74) is 2.77. The molecule has 94 valence electrons. The first kappa shape index (κ1) is 11.6. The third-order valence-corrected chi connectivity index (χ3v) is 2.94. The van der Waals surface area contributed by atoms with Crippen LogP contribution in [0.5, 0.6) is 0 Å². The second-order valence-electron chi connectivity index (χ2n) is 4.36. The van der Waals surface area contributed by atoms with Gasteiger partial charge >= 0.3 is 0 Å². The van der Waals surface area contributed by atoms with Gasteiger partial charge in [-0.2, -0.15) is 0 Å². The molecule has 0 amide bonds. The van der Waals surface area contributed by atoms with Crippen LogP contribution >= 0.6 is 0 Å². The zero-order chi connectivity index (χ0) is 13.1. The molecule has 3 rings (SSSR count). The summed E-state index contributed by atoms with van der Waals surface area (Å²) in [6.07, 6.45) is 3.54. The monoisotopic (exact) mass is 250 g/mol. The van der Waals surface area contributed by atoms with Crippen LogP contribution in [-0.4, -0.2) is 15.0 Å². The fourth-order valence-electron chi connectivity index (χ4n) is 1.95. The molecule has 4 heteroatoms. The van der Waals surface area contributed by atoms with E-state index in [1.165, 1.54) is 0 Å². The maximum absolute atomic E-state index is 4.54. The molecule has 3 aromatic rings. The number of anilines is 1. The topological polar surface area (TPSA) is 50.7 Å². The second-order valence-corrected chi connectivity index (χ2v) is 4.36. The fourth-order valence-corrected chi connectivity index (χ4v) is 1.95. The number of nitrogens with one attached hydrogen (secondary N) is 1. The zero-order valence-electron chi connectivity index (χ0n) is 10.6. The highest BCUT2D eigenvalue weighted by Crippen LogP contribution is 2.17. The van der Waals surface area contributed by atoms with Crippen LogP contribution in [0.4, 0.5) is 5.82 Å². The smallest absolute Gasteiger partial charge is 0.145 e. The van der Waals surface area contributed by atoms with Crippen molar-refractivity contribution in [3.63, 3.8) is 0 Å². The predicted octanol–water partition coefficient (Wildman–Crippen LogP) is 3.20. The Labute approximate surface area is 111 Å². The molecule has 2 heterocycles. The van der Waals surface area contributed by atoms with Crippen molar-refractivity contribution in [1.82, 2.24) is 15.0 Å². The van der Waals surface area contributed by atoms with Crippen molar-refractivity contribution >= 4 is 16.9 Å². The summed E-state index contributed by atoms with van der Waals surface area (Å²) in [6, 6.07) is 13.8. The van der Waals surface area contributed by atoms with Gasteiger partial charge in [0.15, 0.2) is 0 Å². The lowest BCUT2D eigenvalue weighted by Gasteiger charge is -2.13. The largest absolute Gasteiger partial charge is 0.361 e. The van der Waals surface area contributed by atoms with Gasteiger partial charge in [0.2, 0.25) is 0 Å². The zero-order valence-corrected chi connectivity index (χ0v) is 10.6. The van der Waals surface area contributed by atoms with Gasteiger partial charge in [0.1, 0.15) is 5.82 Å². The lowest BCUT2D eigenvalue weighted by Crippen LogP contribution is -2.09. The summed E-state index contributed by atoms with van der Waals surface area (Å²) in [5, 5.41) is 3.31. The van der Waals surface area contributed by atoms with E-state index in [1.807, 2.05) is 42.5 Å². The highest BCUT2D eigenvalue weighted by molar-refractivity contribution is 5.75. The molecule has 2 aromatic heterocycles. The fraction of sp³-hybridized carbons (Fsp3) is 0.133. The number of nitrogens with zero attached hydrogens (tertiary/aromatic N) is 3. The van der Waals surface area contributed by atoms with Crippen LogP contribution < -0.4 is 5.32 Å². The van der Waals surface area contributed by atoms with Gasteiger partial charge in [0, 0.05) is 6.20 Å². The Morgan fingerprint density at radius 1 is 0.947 bits per heavy atom. The summed E-state index contributed by atoms with van der Waals surface area (Å²) in [4.78, 5) is 13.2. The van der Waals surface area contributed by atoms with Crippen LogP contribution in [0.15, 0.2) is 54.9 Å². The molecule has 19 heavy (non-hydrogen) atoms. The van der Waals surface area contributed by atoms with Crippen molar-refractivity contribution in [2.45, 2.75) is 13.0 Å². The minimum atomic E-state index is 0.0941. The summed E-state index contributed by atoms with van der Waals surface area (Å²) in [7, 11) is 0. The number of pyridine rings is 1. The molecule has 1 atom stereocenters. The Bertz CT molecular complexity index is 682. The molecule has 1 unspecified atom stereocenters. The van der Waals surface area contributed by atoms with E-state index in [4.69, 9.17) is 0 Å². The van der Waals surface area contributed by atoms with Crippen LogP contribution in [0.3, 0.4) is 0 Å². The van der Waals surface area contributed by atoms with E-state index < -0.39 is 0 Å². The number of rotatable bonds is 3. The minimum absolute atomic E-state index is 0.0941. The number of fused-ring (bicyclic) bond motifs is 1. The SMILES string of the molecule is CC(Nc1cnc2ccccc2n1)c1ccccn1. The van der Waals surface area contributed by atoms with Crippen LogP contribution in [-0.2, 0) is 0 Å². The molecule has 1 N–H and O–H groups in total. The van der Waals surface area contributed by atoms with Gasteiger partial charge in [-0.3, -0.25) is 9.97 Å². The van der Waals surface area contributed by atoms with Crippen molar-refractivity contribution in [2.75, 3.05) is 5.32 Å². The first-order chi connectivity index (χ1) is 9.33. The quantitative estimate of drug-likeness (QED) is 0.775. The van der Waals surface area contributed by atoms with Crippen LogP contribution in [0.25, 0.3) is 11.0 Å². The van der Waals surface area contributed by atoms with Crippen LogP contribution in [0, 0.1) is 0 Å². The first-order valence-electron chi connectivity index (χ1n) is 6.22. The molecule has 4 nitrogen and oxygen atoms in total. The number of aromatic nitrogens is 3. The van der Waals surface area contributed by atoms with E-state index in [-0.39, 0.29) is 6.04 Å². The Hall–Kier alpha value is -2.49. The lowest BCUT2D eigenvalue weighted by molar-refractivity contribution is 0.832. The van der Waals surface area contributed by atoms with Crippen LogP contribution in [0.1, 0.15) is 18.7 Å². The molecule has 1 aromatic carbocycles. The van der Waals surface area contributed by atoms with Crippen molar-refractivity contribution < 1.29 is 0 Å². The van der Waals surface area contributed by atoms with E-state index in [1.54, 1.807) is 12.4 Å². The normalized spacial score (nSPS) is 12.3. The van der Waals surface area contributed by atoms with Crippen LogP contribution in [0.2, 0.25) is 0 Å². The molecule has 0 aliphatic heterocycles. The standard InChI is InChI=1S/C15H14N4/c1-11(12-6-4-5-9-16-12)18-15-10-17-13-7-2-3-8-14(13)19-15/h2-11H,1H3,(H,18,19). The third kappa shape index (κ3) is 2.52. The number of hydrogen-bond acceptors (Lipinski definition) is 4. The van der Waals surface area contributed by atoms with Crippen molar-refractivity contribution in [3.05, 3.63) is 60.6 Å². The van der Waals surface area contributed by atoms with Gasteiger partial charge in [-0.1, -0.05) is 18.2 Å². The van der Waals surface area contributed by atoms with Crippen molar-refractivity contribution in [2.24, 2.45) is 0 Å². The molecule has 0 aliphatic carbocycles. The van der Waals surface area contributed by atoms with Gasteiger partial charge in [0.25, 0.3) is 0 Å². The Morgan fingerprint density at radius 2 is 1.74 bits per heavy atom. The number of para-hydroxylation sites is 2. The van der Waals surface area contributed by atoms with E-state index >= 15 is 0 Å². The van der Waals surface area contributed by atoms with Crippen molar-refractivity contribution in [1.29, 1.82) is 0 Å². The van der Waals surface area contributed by atoms with E-state index in [0.29, 0.717) is 0 Å². The molecule has 0 radical (unpaired) electrons. The molecule has 0 saturated heterocycles. The summed E-state index contributed by atoms with van der Waals surface area (Å²) in [5.74, 6) is 0.761. The second kappa shape index (κ2) is 5.02. The summed E-state index contributed by atoms with van der Waals surface area (Å²) >= 11 is 0. The average molecular weight is 250 g/mol. The maximum Gasteiger partial charge on any atom is 0.145 e. The molecule has 0 bridgehead atoms. The summed E-state index contributed by atoms with van der Waals surface area (Å²) < 4.78 is 0. The van der Waals surface area contributed by atoms with Gasteiger partial charge in [-0.15, -0.1) is 0 Å².